The first-order valence-corrected chi connectivity index (χ1v) is 11.5. The molecule has 1 saturated heterocycles. The predicted molar refractivity (Wildman–Crippen MR) is 117 cm³/mol. The van der Waals surface area contributed by atoms with Crippen molar-refractivity contribution in [1.82, 2.24) is 20.2 Å². The molecule has 2 aliphatic rings. The lowest BCUT2D eigenvalue weighted by molar-refractivity contribution is -0.134. The van der Waals surface area contributed by atoms with Crippen LogP contribution < -0.4 is 10.2 Å². The number of rotatable bonds is 5. The molecule has 0 spiro atoms. The van der Waals surface area contributed by atoms with E-state index in [0.717, 1.165) is 62.0 Å². The number of hydrogen-bond acceptors (Lipinski definition) is 6. The third-order valence-corrected chi connectivity index (χ3v) is 7.01. The molecule has 0 aromatic carbocycles. The van der Waals surface area contributed by atoms with Gasteiger partial charge in [0.1, 0.15) is 0 Å². The van der Waals surface area contributed by atoms with Gasteiger partial charge in [-0.3, -0.25) is 14.6 Å². The number of carbonyl (C=O) groups excluding carboxylic acids is 2. The summed E-state index contributed by atoms with van der Waals surface area (Å²) in [4.78, 5) is 39.4. The summed E-state index contributed by atoms with van der Waals surface area (Å²) in [5.41, 5.74) is 2.02. The van der Waals surface area contributed by atoms with Crippen LogP contribution in [0.5, 0.6) is 0 Å². The fourth-order valence-electron chi connectivity index (χ4n) is 4.03. The number of amides is 2. The summed E-state index contributed by atoms with van der Waals surface area (Å²) in [5.74, 6) is 0.370. The van der Waals surface area contributed by atoms with E-state index in [9.17, 15) is 9.59 Å². The van der Waals surface area contributed by atoms with Gasteiger partial charge in [-0.15, -0.1) is 11.3 Å². The fraction of sp³-hybridized carbons (Fsp3) is 0.545. The fourth-order valence-corrected chi connectivity index (χ4v) is 5.27. The van der Waals surface area contributed by atoms with E-state index in [1.54, 1.807) is 17.5 Å². The van der Waals surface area contributed by atoms with Crippen LogP contribution in [-0.2, 0) is 29.0 Å². The molecule has 160 valence electrons. The number of carbonyl (C=O) groups is 2. The van der Waals surface area contributed by atoms with Gasteiger partial charge in [-0.1, -0.05) is 19.9 Å². The molecule has 2 aromatic rings. The predicted octanol–water partition coefficient (Wildman–Crippen LogP) is 2.26. The van der Waals surface area contributed by atoms with Crippen LogP contribution in [0.15, 0.2) is 24.4 Å². The Balaban J connectivity index is 1.32. The van der Waals surface area contributed by atoms with Crippen molar-refractivity contribution >= 4 is 28.3 Å². The second kappa shape index (κ2) is 9.12. The van der Waals surface area contributed by atoms with Crippen molar-refractivity contribution in [3.8, 4) is 0 Å². The molecule has 0 saturated carbocycles. The summed E-state index contributed by atoms with van der Waals surface area (Å²) in [5, 5.41) is 4.06. The van der Waals surface area contributed by atoms with Crippen molar-refractivity contribution in [1.29, 1.82) is 0 Å². The molecule has 1 N–H and O–H groups in total. The van der Waals surface area contributed by atoms with Crippen LogP contribution >= 0.6 is 11.3 Å². The lowest BCUT2D eigenvalue weighted by atomic mass is 9.90. The summed E-state index contributed by atoms with van der Waals surface area (Å²) in [6, 6.07) is 5.72. The maximum atomic E-state index is 12.6. The van der Waals surface area contributed by atoms with Crippen molar-refractivity contribution in [2.45, 2.75) is 39.7 Å². The number of thiazole rings is 1. The van der Waals surface area contributed by atoms with Gasteiger partial charge in [0.15, 0.2) is 5.13 Å². The number of hydrogen-bond donors (Lipinski definition) is 1. The van der Waals surface area contributed by atoms with E-state index in [2.05, 4.69) is 15.2 Å². The molecular formula is C22H29N5O2S. The molecule has 0 bridgehead atoms. The Morgan fingerprint density at radius 1 is 1.23 bits per heavy atom. The minimum atomic E-state index is -0.00461. The average molecular weight is 428 g/mol. The third-order valence-electron chi connectivity index (χ3n) is 5.82. The van der Waals surface area contributed by atoms with Gasteiger partial charge in [-0.25, -0.2) is 4.98 Å². The molecule has 4 rings (SSSR count). The second-order valence-corrected chi connectivity index (χ2v) is 9.37. The molecule has 1 atom stereocenters. The minimum absolute atomic E-state index is 0.00461. The zero-order valence-corrected chi connectivity index (χ0v) is 18.5. The number of aryl methyl sites for hydroxylation is 1. The standard InChI is InChI=1S/C22H29N5O2S/c1-15(2)21(29)26-9-11-27(12-10-26)22-25-18-7-6-16(13-19(18)30-22)20(28)24-14-17-5-3-4-8-23-17/h3-5,8,15-16H,6-7,9-14H2,1-2H3,(H,24,28). The van der Waals surface area contributed by atoms with Crippen molar-refractivity contribution in [2.75, 3.05) is 31.1 Å². The monoisotopic (exact) mass is 427 g/mol. The molecule has 1 aliphatic heterocycles. The summed E-state index contributed by atoms with van der Waals surface area (Å²) in [7, 11) is 0. The number of nitrogens with zero attached hydrogens (tertiary/aromatic N) is 4. The number of anilines is 1. The van der Waals surface area contributed by atoms with Crippen LogP contribution in [0.4, 0.5) is 5.13 Å². The van der Waals surface area contributed by atoms with Gasteiger partial charge < -0.3 is 15.1 Å². The molecule has 30 heavy (non-hydrogen) atoms. The molecule has 7 nitrogen and oxygen atoms in total. The lowest BCUT2D eigenvalue weighted by Crippen LogP contribution is -2.49. The van der Waals surface area contributed by atoms with E-state index in [1.165, 1.54) is 4.88 Å². The molecule has 2 aromatic heterocycles. The number of pyridine rings is 1. The minimum Gasteiger partial charge on any atom is -0.350 e. The van der Waals surface area contributed by atoms with E-state index in [0.29, 0.717) is 6.54 Å². The Labute approximate surface area is 181 Å². The Morgan fingerprint density at radius 2 is 2.03 bits per heavy atom. The van der Waals surface area contributed by atoms with Gasteiger partial charge in [-0.2, -0.15) is 0 Å². The number of piperazine rings is 1. The van der Waals surface area contributed by atoms with E-state index in [4.69, 9.17) is 4.98 Å². The first-order chi connectivity index (χ1) is 14.5. The Hall–Kier alpha value is -2.48. The van der Waals surface area contributed by atoms with Crippen LogP contribution in [0.25, 0.3) is 0 Å². The molecule has 8 heteroatoms. The highest BCUT2D eigenvalue weighted by Crippen LogP contribution is 2.34. The second-order valence-electron chi connectivity index (χ2n) is 8.31. The average Bonchev–Trinajstić information content (AvgIpc) is 3.21. The zero-order valence-electron chi connectivity index (χ0n) is 17.6. The smallest absolute Gasteiger partial charge is 0.225 e. The maximum absolute atomic E-state index is 12.6. The van der Waals surface area contributed by atoms with Crippen molar-refractivity contribution in [2.24, 2.45) is 11.8 Å². The van der Waals surface area contributed by atoms with Crippen molar-refractivity contribution < 1.29 is 9.59 Å². The van der Waals surface area contributed by atoms with Crippen molar-refractivity contribution in [3.05, 3.63) is 40.7 Å². The highest BCUT2D eigenvalue weighted by Gasteiger charge is 2.30. The highest BCUT2D eigenvalue weighted by atomic mass is 32.1. The Morgan fingerprint density at radius 3 is 2.73 bits per heavy atom. The van der Waals surface area contributed by atoms with Crippen LogP contribution in [0.2, 0.25) is 0 Å². The molecule has 1 unspecified atom stereocenters. The van der Waals surface area contributed by atoms with Crippen LogP contribution in [-0.4, -0.2) is 52.9 Å². The SMILES string of the molecule is CC(C)C(=O)N1CCN(c2nc3c(s2)CC(C(=O)NCc2ccccn2)CC3)CC1. The van der Waals surface area contributed by atoms with Gasteiger partial charge in [0.2, 0.25) is 11.8 Å². The first-order valence-electron chi connectivity index (χ1n) is 10.7. The summed E-state index contributed by atoms with van der Waals surface area (Å²) in [6.45, 7) is 7.51. The molecule has 1 aliphatic carbocycles. The number of aromatic nitrogens is 2. The van der Waals surface area contributed by atoms with Crippen LogP contribution in [0.1, 0.15) is 36.5 Å². The zero-order chi connectivity index (χ0) is 21.1. The lowest BCUT2D eigenvalue weighted by Gasteiger charge is -2.35. The van der Waals surface area contributed by atoms with Gasteiger partial charge in [0.05, 0.1) is 17.9 Å². The molecule has 1 fully saturated rings. The van der Waals surface area contributed by atoms with Crippen LogP contribution in [0.3, 0.4) is 0 Å². The van der Waals surface area contributed by atoms with E-state index in [-0.39, 0.29) is 23.7 Å². The number of nitrogens with one attached hydrogen (secondary N) is 1. The normalized spacial score (nSPS) is 19.0. The number of fused-ring (bicyclic) bond motifs is 1. The van der Waals surface area contributed by atoms with Gasteiger partial charge in [0.25, 0.3) is 0 Å². The summed E-state index contributed by atoms with van der Waals surface area (Å²) in [6.07, 6.45) is 4.18. The largest absolute Gasteiger partial charge is 0.350 e. The van der Waals surface area contributed by atoms with Crippen molar-refractivity contribution in [3.63, 3.8) is 0 Å². The van der Waals surface area contributed by atoms with Gasteiger partial charge in [0, 0.05) is 49.1 Å². The topological polar surface area (TPSA) is 78.4 Å². The summed E-state index contributed by atoms with van der Waals surface area (Å²) < 4.78 is 0. The van der Waals surface area contributed by atoms with Crippen LogP contribution in [0, 0.1) is 11.8 Å². The quantitative estimate of drug-likeness (QED) is 0.792. The Kier molecular flexibility index (Phi) is 6.32. The van der Waals surface area contributed by atoms with E-state index < -0.39 is 0 Å². The molecule has 3 heterocycles. The molecular weight excluding hydrogens is 398 g/mol. The van der Waals surface area contributed by atoms with Gasteiger partial charge >= 0.3 is 0 Å². The van der Waals surface area contributed by atoms with Gasteiger partial charge in [-0.05, 0) is 31.4 Å². The Bertz CT molecular complexity index is 890. The molecule has 0 radical (unpaired) electrons. The summed E-state index contributed by atoms with van der Waals surface area (Å²) >= 11 is 1.71. The maximum Gasteiger partial charge on any atom is 0.225 e. The highest BCUT2D eigenvalue weighted by molar-refractivity contribution is 7.15. The molecule has 2 amide bonds. The van der Waals surface area contributed by atoms with E-state index in [1.807, 2.05) is 36.9 Å². The third kappa shape index (κ3) is 4.64. The van der Waals surface area contributed by atoms with E-state index >= 15 is 0 Å². The first kappa shape index (κ1) is 20.8.